The van der Waals surface area contributed by atoms with Gasteiger partial charge in [0.1, 0.15) is 17.5 Å². The van der Waals surface area contributed by atoms with Gasteiger partial charge in [-0.05, 0) is 82.0 Å². The van der Waals surface area contributed by atoms with Gasteiger partial charge in [-0.25, -0.2) is 9.18 Å². The van der Waals surface area contributed by atoms with E-state index >= 15 is 0 Å². The van der Waals surface area contributed by atoms with Gasteiger partial charge in [-0.15, -0.1) is 11.3 Å². The molecule has 1 aromatic heterocycles. The standard InChI is InChI=1S/C33H37FN4O4S/c1-32(2,3)42-31(40)36(5)25-7-6-14-37(18-25)30(39)28-16-26(22-8-9-23(17-35)27(34)15-22)29(43-28)21-10-12-24(13-11-21)38-19-33(4,41)20-38/h8-13,15-16,25,41H,6-7,14,18-20H2,1-5H3/t25-/m1/s1. The summed E-state index contributed by atoms with van der Waals surface area (Å²) in [7, 11) is 1.71. The van der Waals surface area contributed by atoms with E-state index in [4.69, 9.17) is 4.74 Å². The zero-order chi connectivity index (χ0) is 31.1. The molecule has 2 aromatic carbocycles. The van der Waals surface area contributed by atoms with Gasteiger partial charge in [0.15, 0.2) is 0 Å². The molecule has 0 bridgehead atoms. The topological polar surface area (TPSA) is 97.1 Å². The van der Waals surface area contributed by atoms with E-state index in [-0.39, 0.29) is 17.5 Å². The first-order chi connectivity index (χ1) is 20.2. The summed E-state index contributed by atoms with van der Waals surface area (Å²) < 4.78 is 20.2. The van der Waals surface area contributed by atoms with Crippen molar-refractivity contribution < 1.29 is 23.8 Å². The number of rotatable bonds is 5. The molecule has 2 aliphatic heterocycles. The zero-order valence-corrected chi connectivity index (χ0v) is 26.0. The number of benzene rings is 2. The quantitative estimate of drug-likeness (QED) is 0.376. The summed E-state index contributed by atoms with van der Waals surface area (Å²) in [5, 5.41) is 19.4. The number of nitriles is 1. The summed E-state index contributed by atoms with van der Waals surface area (Å²) in [6.07, 6.45) is 1.10. The van der Waals surface area contributed by atoms with Crippen LogP contribution in [0.25, 0.3) is 21.6 Å². The van der Waals surface area contributed by atoms with Crippen molar-refractivity contribution in [3.05, 3.63) is 64.8 Å². The predicted octanol–water partition coefficient (Wildman–Crippen LogP) is 6.14. The molecule has 0 saturated carbocycles. The molecular formula is C33H37FN4O4S. The highest BCUT2D eigenvalue weighted by Gasteiger charge is 2.36. The molecule has 1 N–H and O–H groups in total. The van der Waals surface area contributed by atoms with Crippen LogP contribution >= 0.6 is 11.3 Å². The van der Waals surface area contributed by atoms with Gasteiger partial charge in [0.05, 0.1) is 22.1 Å². The van der Waals surface area contributed by atoms with E-state index in [9.17, 15) is 24.3 Å². The molecular weight excluding hydrogens is 567 g/mol. The molecule has 3 heterocycles. The molecule has 0 spiro atoms. The minimum Gasteiger partial charge on any atom is -0.444 e. The number of ether oxygens (including phenoxy) is 1. The van der Waals surface area contributed by atoms with E-state index in [2.05, 4.69) is 4.90 Å². The van der Waals surface area contributed by atoms with Crippen molar-refractivity contribution in [1.82, 2.24) is 9.80 Å². The number of amides is 2. The molecule has 8 nitrogen and oxygen atoms in total. The normalized spacial score (nSPS) is 18.0. The monoisotopic (exact) mass is 604 g/mol. The molecule has 3 aromatic rings. The Morgan fingerprint density at radius 2 is 1.81 bits per heavy atom. The third-order valence-corrected chi connectivity index (χ3v) is 8.99. The van der Waals surface area contributed by atoms with Gasteiger partial charge in [0.2, 0.25) is 0 Å². The van der Waals surface area contributed by atoms with Crippen LogP contribution in [0, 0.1) is 17.1 Å². The number of likely N-dealkylation sites (N-methyl/N-ethyl adjacent to an activating group) is 1. The van der Waals surface area contributed by atoms with E-state index in [1.807, 2.05) is 58.0 Å². The Bertz CT molecular complexity index is 1560. The molecule has 43 heavy (non-hydrogen) atoms. The smallest absolute Gasteiger partial charge is 0.410 e. The Labute approximate surface area is 255 Å². The van der Waals surface area contributed by atoms with Gasteiger partial charge in [-0.1, -0.05) is 18.2 Å². The van der Waals surface area contributed by atoms with Crippen molar-refractivity contribution in [2.45, 2.75) is 57.8 Å². The van der Waals surface area contributed by atoms with E-state index < -0.39 is 23.1 Å². The van der Waals surface area contributed by atoms with E-state index in [1.165, 1.54) is 23.5 Å². The van der Waals surface area contributed by atoms with Crippen LogP contribution in [0.5, 0.6) is 0 Å². The lowest BCUT2D eigenvalue weighted by Gasteiger charge is -2.45. The number of aliphatic hydroxyl groups is 1. The highest BCUT2D eigenvalue weighted by Crippen LogP contribution is 2.41. The fourth-order valence-electron chi connectivity index (χ4n) is 5.57. The number of β-amino-alcohol motifs (C(OH)–C–C–N with tert-alkyl or cyclic N) is 1. The van der Waals surface area contributed by atoms with Crippen molar-refractivity contribution in [3.63, 3.8) is 0 Å². The van der Waals surface area contributed by atoms with Crippen molar-refractivity contribution in [2.24, 2.45) is 0 Å². The minimum atomic E-state index is -0.691. The Hall–Kier alpha value is -3.94. The average Bonchev–Trinajstić information content (AvgIpc) is 3.40. The molecule has 0 radical (unpaired) electrons. The summed E-state index contributed by atoms with van der Waals surface area (Å²) >= 11 is 1.35. The number of anilines is 1. The summed E-state index contributed by atoms with van der Waals surface area (Å²) in [5.41, 5.74) is 1.80. The van der Waals surface area contributed by atoms with Crippen molar-refractivity contribution in [1.29, 1.82) is 5.26 Å². The van der Waals surface area contributed by atoms with E-state index in [0.29, 0.717) is 42.2 Å². The third kappa shape index (κ3) is 6.68. The fraction of sp³-hybridized carbons (Fsp3) is 0.424. The Morgan fingerprint density at radius 1 is 1.14 bits per heavy atom. The molecule has 2 saturated heterocycles. The molecule has 0 unspecified atom stereocenters. The van der Waals surface area contributed by atoms with E-state index in [1.54, 1.807) is 29.0 Å². The zero-order valence-electron chi connectivity index (χ0n) is 25.2. The number of hydrogen-bond acceptors (Lipinski definition) is 7. The summed E-state index contributed by atoms with van der Waals surface area (Å²) in [6, 6.07) is 15.9. The highest BCUT2D eigenvalue weighted by molar-refractivity contribution is 7.18. The van der Waals surface area contributed by atoms with Gasteiger partial charge >= 0.3 is 6.09 Å². The van der Waals surface area contributed by atoms with Crippen LogP contribution < -0.4 is 4.90 Å². The van der Waals surface area contributed by atoms with E-state index in [0.717, 1.165) is 29.0 Å². The Kier molecular flexibility index (Phi) is 8.25. The van der Waals surface area contributed by atoms with Crippen molar-refractivity contribution in [2.75, 3.05) is 38.1 Å². The lowest BCUT2D eigenvalue weighted by molar-refractivity contribution is 0.0132. The lowest BCUT2D eigenvalue weighted by Crippen LogP contribution is -2.60. The number of carbonyl (C=O) groups is 2. The number of nitrogens with zero attached hydrogens (tertiary/aromatic N) is 4. The van der Waals surface area contributed by atoms with Gasteiger partial charge in [-0.3, -0.25) is 4.79 Å². The van der Waals surface area contributed by atoms with Crippen LogP contribution in [0.4, 0.5) is 14.9 Å². The number of halogens is 1. The highest BCUT2D eigenvalue weighted by atomic mass is 32.1. The third-order valence-electron chi connectivity index (χ3n) is 7.81. The van der Waals surface area contributed by atoms with Crippen LogP contribution in [0.1, 0.15) is 55.8 Å². The summed E-state index contributed by atoms with van der Waals surface area (Å²) in [4.78, 5) is 33.3. The number of likely N-dealkylation sites (tertiary alicyclic amines) is 1. The molecule has 1 atom stereocenters. The first-order valence-corrected chi connectivity index (χ1v) is 15.2. The number of thiophene rings is 1. The van der Waals surface area contributed by atoms with Crippen LogP contribution in [-0.4, -0.2) is 77.4 Å². The second-order valence-electron chi connectivity index (χ2n) is 12.7. The molecule has 0 aliphatic carbocycles. The molecule has 2 fully saturated rings. The SMILES string of the molecule is CN(C(=O)OC(C)(C)C)[C@@H]1CCCN(C(=O)c2cc(-c3ccc(C#N)c(F)c3)c(-c3ccc(N4CC(C)(O)C4)cc3)s2)C1. The number of piperidine rings is 1. The van der Waals surface area contributed by atoms with Crippen molar-refractivity contribution in [3.8, 4) is 27.6 Å². The average molecular weight is 605 g/mol. The minimum absolute atomic E-state index is 0.0416. The first-order valence-electron chi connectivity index (χ1n) is 14.4. The van der Waals surface area contributed by atoms with Crippen LogP contribution in [0.15, 0.2) is 48.5 Å². The second-order valence-corrected chi connectivity index (χ2v) is 13.8. The lowest BCUT2D eigenvalue weighted by atomic mass is 9.95. The molecule has 226 valence electrons. The summed E-state index contributed by atoms with van der Waals surface area (Å²) in [6.45, 7) is 9.35. The van der Waals surface area contributed by atoms with Crippen molar-refractivity contribution >= 4 is 29.0 Å². The first kappa shape index (κ1) is 30.5. The predicted molar refractivity (Wildman–Crippen MR) is 166 cm³/mol. The maximum absolute atomic E-state index is 14.7. The molecule has 2 aliphatic rings. The summed E-state index contributed by atoms with van der Waals surface area (Å²) in [5.74, 6) is -0.761. The van der Waals surface area contributed by atoms with Crippen LogP contribution in [-0.2, 0) is 4.74 Å². The van der Waals surface area contributed by atoms with Gasteiger partial charge in [0, 0.05) is 49.4 Å². The maximum atomic E-state index is 14.7. The van der Waals surface area contributed by atoms with Gasteiger partial charge in [0.25, 0.3) is 5.91 Å². The molecule has 5 rings (SSSR count). The van der Waals surface area contributed by atoms with Gasteiger partial charge in [-0.2, -0.15) is 5.26 Å². The largest absolute Gasteiger partial charge is 0.444 e. The fourth-order valence-corrected chi connectivity index (χ4v) is 6.73. The van der Waals surface area contributed by atoms with Gasteiger partial charge < -0.3 is 24.5 Å². The maximum Gasteiger partial charge on any atom is 0.410 e. The Balaban J connectivity index is 1.43. The second kappa shape index (κ2) is 11.6. The van der Waals surface area contributed by atoms with Crippen LogP contribution in [0.3, 0.4) is 0 Å². The number of hydrogen-bond donors (Lipinski definition) is 1. The molecule has 2 amide bonds. The molecule has 10 heteroatoms. The number of carbonyl (C=O) groups excluding carboxylic acids is 2. The van der Waals surface area contributed by atoms with Crippen LogP contribution in [0.2, 0.25) is 0 Å². The Morgan fingerprint density at radius 3 is 2.42 bits per heavy atom.